The van der Waals surface area contributed by atoms with E-state index in [0.29, 0.717) is 33.7 Å². The van der Waals surface area contributed by atoms with E-state index in [1.54, 1.807) is 35.0 Å². The molecule has 1 N–H and O–H groups in total. The van der Waals surface area contributed by atoms with Crippen LogP contribution in [0.15, 0.2) is 72.9 Å². The topological polar surface area (TPSA) is 87.0 Å². The SMILES string of the molecule is COC(=O)c1cn(-c2cc(OC)c(OCc3ccccc3)cc2C(=O)O)c2ccccc12. The van der Waals surface area contributed by atoms with Gasteiger partial charge in [-0.25, -0.2) is 9.59 Å². The molecular formula is C25H21NO6. The minimum Gasteiger partial charge on any atom is -0.493 e. The van der Waals surface area contributed by atoms with Crippen molar-refractivity contribution in [2.45, 2.75) is 6.61 Å². The van der Waals surface area contributed by atoms with Crippen molar-refractivity contribution in [3.05, 3.63) is 89.6 Å². The summed E-state index contributed by atoms with van der Waals surface area (Å²) in [5.41, 5.74) is 2.28. The lowest BCUT2D eigenvalue weighted by Gasteiger charge is -2.16. The predicted octanol–water partition coefficient (Wildman–Crippen LogP) is 4.70. The summed E-state index contributed by atoms with van der Waals surface area (Å²) < 4.78 is 17.9. The summed E-state index contributed by atoms with van der Waals surface area (Å²) in [5.74, 6) is -0.961. The van der Waals surface area contributed by atoms with Crippen molar-refractivity contribution < 1.29 is 28.9 Å². The van der Waals surface area contributed by atoms with Crippen LogP contribution in [0.1, 0.15) is 26.3 Å². The van der Waals surface area contributed by atoms with E-state index in [9.17, 15) is 14.7 Å². The number of hydrogen-bond acceptors (Lipinski definition) is 5. The molecule has 1 heterocycles. The van der Waals surface area contributed by atoms with E-state index in [1.165, 1.54) is 20.3 Å². The molecule has 0 saturated heterocycles. The predicted molar refractivity (Wildman–Crippen MR) is 119 cm³/mol. The Morgan fingerprint density at radius 1 is 0.906 bits per heavy atom. The molecule has 0 aliphatic carbocycles. The molecule has 0 saturated carbocycles. The van der Waals surface area contributed by atoms with E-state index in [1.807, 2.05) is 36.4 Å². The Hall–Kier alpha value is -4.26. The number of carboxylic acid groups (broad SMARTS) is 1. The van der Waals surface area contributed by atoms with Crippen LogP contribution in [0.5, 0.6) is 11.5 Å². The largest absolute Gasteiger partial charge is 0.493 e. The van der Waals surface area contributed by atoms with Gasteiger partial charge in [0.2, 0.25) is 0 Å². The average Bonchev–Trinajstić information content (AvgIpc) is 3.22. The zero-order chi connectivity index (χ0) is 22.7. The van der Waals surface area contributed by atoms with Crippen molar-refractivity contribution in [2.75, 3.05) is 14.2 Å². The van der Waals surface area contributed by atoms with Crippen LogP contribution >= 0.6 is 0 Å². The highest BCUT2D eigenvalue weighted by Crippen LogP contribution is 2.36. The molecule has 0 radical (unpaired) electrons. The number of carboxylic acids is 1. The van der Waals surface area contributed by atoms with Gasteiger partial charge in [-0.1, -0.05) is 48.5 Å². The number of fused-ring (bicyclic) bond motifs is 1. The van der Waals surface area contributed by atoms with Crippen molar-refractivity contribution in [2.24, 2.45) is 0 Å². The van der Waals surface area contributed by atoms with Gasteiger partial charge >= 0.3 is 11.9 Å². The first kappa shape index (κ1) is 21.0. The van der Waals surface area contributed by atoms with Crippen LogP contribution in [0.25, 0.3) is 16.6 Å². The zero-order valence-corrected chi connectivity index (χ0v) is 17.6. The van der Waals surface area contributed by atoms with Gasteiger partial charge in [0.05, 0.1) is 36.6 Å². The van der Waals surface area contributed by atoms with Crippen molar-refractivity contribution in [1.29, 1.82) is 0 Å². The van der Waals surface area contributed by atoms with Gasteiger partial charge in [-0.3, -0.25) is 0 Å². The van der Waals surface area contributed by atoms with Gasteiger partial charge in [-0.2, -0.15) is 0 Å². The fourth-order valence-corrected chi connectivity index (χ4v) is 3.58. The van der Waals surface area contributed by atoms with Crippen molar-refractivity contribution >= 4 is 22.8 Å². The number of para-hydroxylation sites is 1. The number of carbonyl (C=O) groups excluding carboxylic acids is 1. The summed E-state index contributed by atoms with van der Waals surface area (Å²) in [6.45, 7) is 0.258. The third-order valence-corrected chi connectivity index (χ3v) is 5.13. The van der Waals surface area contributed by atoms with Gasteiger partial charge in [0, 0.05) is 23.7 Å². The van der Waals surface area contributed by atoms with Crippen LogP contribution in [-0.4, -0.2) is 35.8 Å². The molecule has 0 atom stereocenters. The second-order valence-corrected chi connectivity index (χ2v) is 7.02. The number of nitrogens with zero attached hydrogens (tertiary/aromatic N) is 1. The van der Waals surface area contributed by atoms with Gasteiger partial charge in [0.1, 0.15) is 6.61 Å². The third kappa shape index (κ3) is 3.88. The Morgan fingerprint density at radius 2 is 1.62 bits per heavy atom. The Balaban J connectivity index is 1.85. The number of benzene rings is 3. The number of carbonyl (C=O) groups is 2. The minimum atomic E-state index is -1.13. The molecule has 7 heteroatoms. The Kier molecular flexibility index (Phi) is 5.81. The maximum Gasteiger partial charge on any atom is 0.340 e. The molecule has 0 aliphatic rings. The summed E-state index contributed by atoms with van der Waals surface area (Å²) in [5, 5.41) is 10.6. The van der Waals surface area contributed by atoms with Crippen LogP contribution in [-0.2, 0) is 11.3 Å². The van der Waals surface area contributed by atoms with E-state index >= 15 is 0 Å². The number of rotatable bonds is 7. The summed E-state index contributed by atoms with van der Waals surface area (Å²) in [6.07, 6.45) is 1.57. The molecule has 4 rings (SSSR count). The second-order valence-electron chi connectivity index (χ2n) is 7.02. The zero-order valence-electron chi connectivity index (χ0n) is 17.6. The van der Waals surface area contributed by atoms with Crippen molar-refractivity contribution in [1.82, 2.24) is 4.57 Å². The smallest absolute Gasteiger partial charge is 0.340 e. The molecule has 3 aromatic carbocycles. The van der Waals surface area contributed by atoms with E-state index in [-0.39, 0.29) is 12.2 Å². The van der Waals surface area contributed by atoms with Gasteiger partial charge in [-0.05, 0) is 11.6 Å². The van der Waals surface area contributed by atoms with Crippen molar-refractivity contribution in [3.8, 4) is 17.2 Å². The van der Waals surface area contributed by atoms with Crippen LogP contribution in [0.2, 0.25) is 0 Å². The van der Waals surface area contributed by atoms with Crippen molar-refractivity contribution in [3.63, 3.8) is 0 Å². The standard InChI is InChI=1S/C25H21NO6/c1-30-22-13-21(26-14-19(25(29)31-2)17-10-6-7-11-20(17)26)18(24(27)28)12-23(22)32-15-16-8-4-3-5-9-16/h3-14H,15H2,1-2H3,(H,27,28). The monoisotopic (exact) mass is 431 g/mol. The number of methoxy groups -OCH3 is 2. The lowest BCUT2D eigenvalue weighted by atomic mass is 10.1. The lowest BCUT2D eigenvalue weighted by Crippen LogP contribution is -2.08. The Labute approximate surface area is 184 Å². The van der Waals surface area contributed by atoms with Gasteiger partial charge < -0.3 is 23.9 Å². The molecule has 0 aliphatic heterocycles. The number of hydrogen-bond donors (Lipinski definition) is 1. The maximum atomic E-state index is 12.3. The Bertz CT molecular complexity index is 1290. The highest BCUT2D eigenvalue weighted by atomic mass is 16.5. The average molecular weight is 431 g/mol. The molecule has 0 spiro atoms. The molecule has 0 unspecified atom stereocenters. The fraction of sp³-hybridized carbons (Fsp3) is 0.120. The van der Waals surface area contributed by atoms with Gasteiger partial charge in [-0.15, -0.1) is 0 Å². The molecule has 162 valence electrons. The first-order chi connectivity index (χ1) is 15.5. The van der Waals surface area contributed by atoms with Crippen LogP contribution in [0.4, 0.5) is 0 Å². The van der Waals surface area contributed by atoms with Gasteiger partial charge in [0.25, 0.3) is 0 Å². The molecule has 32 heavy (non-hydrogen) atoms. The molecule has 0 fully saturated rings. The van der Waals surface area contributed by atoms with E-state index in [4.69, 9.17) is 14.2 Å². The molecule has 1 aromatic heterocycles. The summed E-state index contributed by atoms with van der Waals surface area (Å²) in [6, 6.07) is 19.8. The normalized spacial score (nSPS) is 10.7. The van der Waals surface area contributed by atoms with Crippen LogP contribution in [0.3, 0.4) is 0 Å². The quantitative estimate of drug-likeness (QED) is 0.427. The van der Waals surface area contributed by atoms with E-state index < -0.39 is 11.9 Å². The minimum absolute atomic E-state index is 0.00558. The number of aromatic nitrogens is 1. The Morgan fingerprint density at radius 3 is 2.31 bits per heavy atom. The lowest BCUT2D eigenvalue weighted by molar-refractivity contribution is 0.0602. The number of esters is 1. The fourth-order valence-electron chi connectivity index (χ4n) is 3.58. The first-order valence-electron chi connectivity index (χ1n) is 9.84. The van der Waals surface area contributed by atoms with Crippen LogP contribution in [0, 0.1) is 0 Å². The summed E-state index contributed by atoms with van der Waals surface area (Å²) in [7, 11) is 2.79. The van der Waals surface area contributed by atoms with Gasteiger partial charge in [0.15, 0.2) is 11.5 Å². The van der Waals surface area contributed by atoms with E-state index in [0.717, 1.165) is 5.56 Å². The van der Waals surface area contributed by atoms with Crippen LogP contribution < -0.4 is 9.47 Å². The number of aromatic carboxylic acids is 1. The maximum absolute atomic E-state index is 12.3. The molecule has 7 nitrogen and oxygen atoms in total. The second kappa shape index (κ2) is 8.85. The highest BCUT2D eigenvalue weighted by Gasteiger charge is 2.22. The highest BCUT2D eigenvalue weighted by molar-refractivity contribution is 6.05. The molecular weight excluding hydrogens is 410 g/mol. The first-order valence-corrected chi connectivity index (χ1v) is 9.84. The summed E-state index contributed by atoms with van der Waals surface area (Å²) in [4.78, 5) is 24.4. The summed E-state index contributed by atoms with van der Waals surface area (Å²) >= 11 is 0. The third-order valence-electron chi connectivity index (χ3n) is 5.13. The number of ether oxygens (including phenoxy) is 3. The van der Waals surface area contributed by atoms with E-state index in [2.05, 4.69) is 0 Å². The molecule has 0 bridgehead atoms. The molecule has 4 aromatic rings. The molecule has 0 amide bonds.